The van der Waals surface area contributed by atoms with Crippen LogP contribution < -0.4 is 30.7 Å². The van der Waals surface area contributed by atoms with Crippen molar-refractivity contribution in [3.8, 4) is 11.5 Å². The van der Waals surface area contributed by atoms with E-state index in [2.05, 4.69) is 41.7 Å². The van der Waals surface area contributed by atoms with Crippen molar-refractivity contribution in [3.63, 3.8) is 0 Å². The Kier molecular flexibility index (Phi) is 19.8. The Morgan fingerprint density at radius 3 is 1.37 bits per heavy atom. The van der Waals surface area contributed by atoms with Crippen LogP contribution >= 0.6 is 58.0 Å². The number of azo groups is 2. The van der Waals surface area contributed by atoms with E-state index in [-0.39, 0.29) is 49.8 Å². The van der Waals surface area contributed by atoms with Gasteiger partial charge in [0, 0.05) is 60.9 Å². The lowest BCUT2D eigenvalue weighted by Gasteiger charge is -2.15. The molecule has 0 saturated heterocycles. The lowest BCUT2D eigenvalue weighted by molar-refractivity contribution is -0.127. The van der Waals surface area contributed by atoms with Crippen LogP contribution in [0.3, 0.4) is 0 Å². The second-order valence-electron chi connectivity index (χ2n) is 15.3. The van der Waals surface area contributed by atoms with E-state index < -0.39 is 58.0 Å². The number of rotatable bonds is 21. The Bertz CT molecular complexity index is 2860. The second-order valence-corrected chi connectivity index (χ2v) is 17.8. The molecule has 0 aliphatic rings. The Morgan fingerprint density at radius 2 is 0.971 bits per heavy atom. The zero-order valence-corrected chi connectivity index (χ0v) is 42.3. The molecule has 4 N–H and O–H groups in total. The summed E-state index contributed by atoms with van der Waals surface area (Å²) in [6.45, 7) is 10.4. The fraction of sp³-hybridized carbons (Fsp3) is 0.265. The minimum atomic E-state index is -1.63. The zero-order chi connectivity index (χ0) is 51.2. The van der Waals surface area contributed by atoms with Crippen LogP contribution in [0.2, 0.25) is 10.0 Å². The van der Waals surface area contributed by atoms with Crippen LogP contribution in [-0.4, -0.2) is 60.5 Å². The van der Waals surface area contributed by atoms with Crippen molar-refractivity contribution >= 4 is 127 Å². The van der Waals surface area contributed by atoms with Crippen LogP contribution in [0.15, 0.2) is 111 Å². The summed E-state index contributed by atoms with van der Waals surface area (Å²) in [7, 11) is 0. The first-order valence-corrected chi connectivity index (χ1v) is 23.7. The topological polar surface area (TPSA) is 218 Å². The smallest absolute Gasteiger partial charge is 0.258 e. The number of nitrogens with one attached hydrogen (secondary N) is 4. The number of alkyl halides is 3. The number of hydrogen-bond acceptors (Lipinski definition) is 12. The van der Waals surface area contributed by atoms with Crippen molar-refractivity contribution in [1.82, 2.24) is 0 Å². The van der Waals surface area contributed by atoms with E-state index in [1.54, 1.807) is 50.2 Å². The standard InChI is InChI=1S/C49H47Cl5N8O8/c1-7-69-42-13-10-35(22-39(42)25(3)51)55-46(65)29-15-32(53)20-37(17-29)59-61-44(27(5)63)48(67)57-34-9-12-41(31(19-34)24-50)58-49(68)45(28(6)64)62-60-38-18-30(16-33(54)21-38)47(66)56-36-11-14-43(70-8-2)40(23-36)26(4)52/h9-23,25-26,44-45H,7-8,24H2,1-6H3,(H,55,65)(H,56,66)(H,57,67)(H,58,68). The molecule has 5 aromatic carbocycles. The van der Waals surface area contributed by atoms with Crippen molar-refractivity contribution in [2.45, 2.75) is 70.3 Å². The fourth-order valence-corrected chi connectivity index (χ4v) is 7.60. The third kappa shape index (κ3) is 15.0. The maximum atomic E-state index is 13.5. The molecular formula is C49H47Cl5N8O8. The number of halogens is 5. The zero-order valence-electron chi connectivity index (χ0n) is 38.5. The van der Waals surface area contributed by atoms with Crippen molar-refractivity contribution in [2.75, 3.05) is 34.5 Å². The number of benzene rings is 5. The lowest BCUT2D eigenvalue weighted by atomic mass is 10.1. The summed E-state index contributed by atoms with van der Waals surface area (Å²) in [5, 5.41) is 26.4. The van der Waals surface area contributed by atoms with Crippen molar-refractivity contribution in [3.05, 3.63) is 129 Å². The number of nitrogens with zero attached hydrogens (tertiary/aromatic N) is 4. The van der Waals surface area contributed by atoms with Crippen LogP contribution in [0.4, 0.5) is 34.1 Å². The minimum absolute atomic E-state index is 0.0840. The normalized spacial score (nSPS) is 13.0. The molecule has 5 aromatic rings. The van der Waals surface area contributed by atoms with E-state index in [9.17, 15) is 28.8 Å². The molecule has 5 rings (SSSR count). The van der Waals surface area contributed by atoms with Gasteiger partial charge in [-0.1, -0.05) is 23.2 Å². The highest BCUT2D eigenvalue weighted by molar-refractivity contribution is 6.32. The van der Waals surface area contributed by atoms with Gasteiger partial charge in [-0.2, -0.15) is 20.5 Å². The highest BCUT2D eigenvalue weighted by Crippen LogP contribution is 2.34. The van der Waals surface area contributed by atoms with Crippen molar-refractivity contribution in [1.29, 1.82) is 0 Å². The number of Topliss-reactive ketones (excluding diaryl/α,β-unsaturated/α-hetero) is 2. The molecule has 4 atom stereocenters. The summed E-state index contributed by atoms with van der Waals surface area (Å²) in [5.41, 5.74) is 3.37. The Morgan fingerprint density at radius 1 is 0.557 bits per heavy atom. The van der Waals surface area contributed by atoms with Gasteiger partial charge in [0.05, 0.1) is 35.3 Å². The van der Waals surface area contributed by atoms with Gasteiger partial charge in [-0.25, -0.2) is 0 Å². The van der Waals surface area contributed by atoms with Crippen molar-refractivity contribution in [2.24, 2.45) is 20.5 Å². The molecule has 0 aliphatic carbocycles. The predicted octanol–water partition coefficient (Wildman–Crippen LogP) is 13.0. The maximum absolute atomic E-state index is 13.5. The molecule has 0 aromatic heterocycles. The summed E-state index contributed by atoms with van der Waals surface area (Å²) in [6, 6.07) is 19.6. The third-order valence-corrected chi connectivity index (χ3v) is 11.1. The number of carbonyl (C=O) groups excluding carboxylic acids is 6. The Labute approximate surface area is 428 Å². The predicted molar refractivity (Wildman–Crippen MR) is 274 cm³/mol. The average Bonchev–Trinajstić information content (AvgIpc) is 3.30. The van der Waals surface area contributed by atoms with E-state index in [4.69, 9.17) is 67.5 Å². The number of ketones is 2. The molecule has 0 bridgehead atoms. The summed E-state index contributed by atoms with van der Waals surface area (Å²) in [5.74, 6) is -3.04. The van der Waals surface area contributed by atoms with E-state index >= 15 is 0 Å². The summed E-state index contributed by atoms with van der Waals surface area (Å²) in [4.78, 5) is 78.8. The van der Waals surface area contributed by atoms with Gasteiger partial charge in [-0.05, 0) is 138 Å². The third-order valence-electron chi connectivity index (χ3n) is 9.90. The first-order valence-electron chi connectivity index (χ1n) is 21.5. The molecule has 70 heavy (non-hydrogen) atoms. The van der Waals surface area contributed by atoms with Gasteiger partial charge < -0.3 is 30.7 Å². The summed E-state index contributed by atoms with van der Waals surface area (Å²) >= 11 is 31.6. The second kappa shape index (κ2) is 25.4. The number of carbonyl (C=O) groups is 6. The van der Waals surface area contributed by atoms with Crippen LogP contribution in [0.1, 0.15) is 89.7 Å². The van der Waals surface area contributed by atoms with Crippen LogP contribution in [0.25, 0.3) is 0 Å². The van der Waals surface area contributed by atoms with Crippen molar-refractivity contribution < 1.29 is 38.2 Å². The first-order chi connectivity index (χ1) is 33.3. The van der Waals surface area contributed by atoms with Gasteiger partial charge in [0.15, 0.2) is 11.6 Å². The van der Waals surface area contributed by atoms with Crippen LogP contribution in [-0.2, 0) is 25.1 Å². The fourth-order valence-electron chi connectivity index (χ4n) is 6.58. The minimum Gasteiger partial charge on any atom is -0.494 e. The molecule has 0 spiro atoms. The molecule has 0 saturated carbocycles. The molecule has 0 fully saturated rings. The van der Waals surface area contributed by atoms with Crippen LogP contribution in [0, 0.1) is 0 Å². The number of anilines is 4. The number of ether oxygens (including phenoxy) is 2. The maximum Gasteiger partial charge on any atom is 0.258 e. The SMILES string of the molecule is CCOc1ccc(NC(=O)c2cc(Cl)cc(N=NC(C(C)=O)C(=O)Nc3ccc(NC(=O)C(N=Nc4cc(Cl)cc(C(=O)Nc5ccc(OCC)c(C(C)Cl)c5)c4)C(C)=O)c(CCl)c3)c2)cc1C(C)Cl. The van der Waals surface area contributed by atoms with E-state index in [0.717, 1.165) is 13.8 Å². The van der Waals surface area contributed by atoms with Gasteiger partial charge in [0.2, 0.25) is 12.1 Å². The number of hydrogen-bond donors (Lipinski definition) is 4. The van der Waals surface area contributed by atoms with Gasteiger partial charge >= 0.3 is 0 Å². The molecule has 4 unspecified atom stereocenters. The molecular weight excluding hydrogens is 1010 g/mol. The quantitative estimate of drug-likeness (QED) is 0.0314. The monoisotopic (exact) mass is 1050 g/mol. The number of amides is 4. The molecule has 0 heterocycles. The largest absolute Gasteiger partial charge is 0.494 e. The van der Waals surface area contributed by atoms with E-state index in [1.165, 1.54) is 54.6 Å². The molecule has 21 heteroatoms. The first kappa shape index (κ1) is 54.5. The highest BCUT2D eigenvalue weighted by Gasteiger charge is 2.26. The average molecular weight is 1050 g/mol. The summed E-state index contributed by atoms with van der Waals surface area (Å²) < 4.78 is 11.3. The Hall–Kier alpha value is -6.43. The Balaban J connectivity index is 1.25. The lowest BCUT2D eigenvalue weighted by Crippen LogP contribution is -2.32. The van der Waals surface area contributed by atoms with Gasteiger partial charge in [0.25, 0.3) is 23.6 Å². The molecule has 4 amide bonds. The van der Waals surface area contributed by atoms with Gasteiger partial charge in [0.1, 0.15) is 11.5 Å². The van der Waals surface area contributed by atoms with E-state index in [1.807, 2.05) is 13.8 Å². The van der Waals surface area contributed by atoms with E-state index in [0.29, 0.717) is 52.8 Å². The molecule has 0 radical (unpaired) electrons. The molecule has 16 nitrogen and oxygen atoms in total. The molecule has 366 valence electrons. The molecule has 0 aliphatic heterocycles. The van der Waals surface area contributed by atoms with Gasteiger partial charge in [-0.15, -0.1) is 34.8 Å². The van der Waals surface area contributed by atoms with Gasteiger partial charge in [-0.3, -0.25) is 28.8 Å². The summed E-state index contributed by atoms with van der Waals surface area (Å²) in [6.07, 6.45) is 0. The highest BCUT2D eigenvalue weighted by atomic mass is 35.5. The van der Waals surface area contributed by atoms with Crippen LogP contribution in [0.5, 0.6) is 11.5 Å².